The first-order chi connectivity index (χ1) is 9.06. The molecular formula is C16H21ClO2. The molecule has 3 unspecified atom stereocenters. The summed E-state index contributed by atoms with van der Waals surface area (Å²) in [5.74, 6) is 1.71. The molecule has 0 amide bonds. The summed E-state index contributed by atoms with van der Waals surface area (Å²) in [6, 6.07) is 7.20. The number of halogens is 1. The molecule has 1 aliphatic rings. The number of benzene rings is 1. The molecular weight excluding hydrogens is 260 g/mol. The fraction of sp³-hybridized carbons (Fsp3) is 0.562. The molecule has 0 N–H and O–H groups in total. The topological polar surface area (TPSA) is 26.3 Å². The smallest absolute Gasteiger partial charge is 0.176 e. The van der Waals surface area contributed by atoms with E-state index in [1.165, 1.54) is 6.42 Å². The van der Waals surface area contributed by atoms with Crippen molar-refractivity contribution in [3.05, 3.63) is 29.3 Å². The van der Waals surface area contributed by atoms with Crippen LogP contribution < -0.4 is 4.74 Å². The number of hydrogen-bond acceptors (Lipinski definition) is 2. The first kappa shape index (κ1) is 14.4. The number of ether oxygens (including phenoxy) is 1. The Bertz CT molecular complexity index is 444. The first-order valence-electron chi connectivity index (χ1n) is 7.02. The molecule has 104 valence electrons. The van der Waals surface area contributed by atoms with E-state index in [0.29, 0.717) is 16.7 Å². The number of rotatable bonds is 4. The van der Waals surface area contributed by atoms with Gasteiger partial charge < -0.3 is 4.74 Å². The number of carbonyl (C=O) groups excluding carboxylic acids is 1. The van der Waals surface area contributed by atoms with Crippen molar-refractivity contribution < 1.29 is 9.53 Å². The van der Waals surface area contributed by atoms with Crippen LogP contribution in [0, 0.1) is 11.8 Å². The predicted octanol–water partition coefficient (Wildman–Crippen LogP) is 4.50. The third kappa shape index (κ3) is 3.97. The minimum atomic E-state index is -0.395. The van der Waals surface area contributed by atoms with Gasteiger partial charge in [0.15, 0.2) is 11.9 Å². The van der Waals surface area contributed by atoms with Crippen molar-refractivity contribution in [2.45, 2.75) is 45.6 Å². The number of ketones is 1. The molecule has 0 heterocycles. The van der Waals surface area contributed by atoms with Gasteiger partial charge in [-0.15, -0.1) is 0 Å². The third-order valence-electron chi connectivity index (χ3n) is 3.85. The van der Waals surface area contributed by atoms with Crippen molar-refractivity contribution in [2.24, 2.45) is 11.8 Å². The molecule has 0 spiro atoms. The lowest BCUT2D eigenvalue weighted by Gasteiger charge is -2.27. The minimum Gasteiger partial charge on any atom is -0.483 e. The van der Waals surface area contributed by atoms with Gasteiger partial charge in [-0.25, -0.2) is 0 Å². The molecule has 1 fully saturated rings. The molecule has 3 heteroatoms. The van der Waals surface area contributed by atoms with Crippen molar-refractivity contribution in [3.63, 3.8) is 0 Å². The van der Waals surface area contributed by atoms with E-state index in [0.717, 1.165) is 19.3 Å². The van der Waals surface area contributed by atoms with Crippen LogP contribution in [0.4, 0.5) is 0 Å². The summed E-state index contributed by atoms with van der Waals surface area (Å²) >= 11 is 5.91. The Kier molecular flexibility index (Phi) is 4.87. The Labute approximate surface area is 120 Å². The maximum absolute atomic E-state index is 12.4. The molecule has 0 aromatic heterocycles. The maximum atomic E-state index is 12.4. The highest BCUT2D eigenvalue weighted by atomic mass is 35.5. The zero-order valence-electron chi connectivity index (χ0n) is 11.6. The highest BCUT2D eigenvalue weighted by Gasteiger charge is 2.29. The van der Waals surface area contributed by atoms with Crippen molar-refractivity contribution in [3.8, 4) is 5.75 Å². The van der Waals surface area contributed by atoms with Crippen molar-refractivity contribution in [1.82, 2.24) is 0 Å². The molecule has 0 aliphatic heterocycles. The van der Waals surface area contributed by atoms with Gasteiger partial charge in [0.05, 0.1) is 0 Å². The van der Waals surface area contributed by atoms with Crippen LogP contribution >= 0.6 is 11.6 Å². The summed E-state index contributed by atoms with van der Waals surface area (Å²) in [6.45, 7) is 4.06. The Balaban J connectivity index is 1.95. The van der Waals surface area contributed by atoms with Gasteiger partial charge in [-0.05, 0) is 43.9 Å². The average molecular weight is 281 g/mol. The predicted molar refractivity (Wildman–Crippen MR) is 77.7 cm³/mol. The third-order valence-corrected chi connectivity index (χ3v) is 4.08. The Morgan fingerprint density at radius 1 is 1.42 bits per heavy atom. The first-order valence-corrected chi connectivity index (χ1v) is 7.40. The number of Topliss-reactive ketones (excluding diaryl/α,β-unsaturated/α-hetero) is 1. The summed E-state index contributed by atoms with van der Waals surface area (Å²) in [7, 11) is 0. The quantitative estimate of drug-likeness (QED) is 0.811. The lowest BCUT2D eigenvalue weighted by Crippen LogP contribution is -2.33. The van der Waals surface area contributed by atoms with Crippen LogP contribution in [0.15, 0.2) is 24.3 Å². The molecule has 0 bridgehead atoms. The summed E-state index contributed by atoms with van der Waals surface area (Å²) in [6.07, 6.45) is 4.01. The maximum Gasteiger partial charge on any atom is 0.176 e. The molecule has 0 saturated heterocycles. The lowest BCUT2D eigenvalue weighted by molar-refractivity contribution is -0.130. The van der Waals surface area contributed by atoms with Gasteiger partial charge in [0.25, 0.3) is 0 Å². The lowest BCUT2D eigenvalue weighted by atomic mass is 9.79. The molecule has 19 heavy (non-hydrogen) atoms. The van der Waals surface area contributed by atoms with Crippen LogP contribution in [0.2, 0.25) is 5.02 Å². The van der Waals surface area contributed by atoms with E-state index in [1.54, 1.807) is 12.1 Å². The van der Waals surface area contributed by atoms with Crippen molar-refractivity contribution in [2.75, 3.05) is 0 Å². The van der Waals surface area contributed by atoms with Crippen LogP contribution in [-0.2, 0) is 4.79 Å². The average Bonchev–Trinajstić information content (AvgIpc) is 2.38. The number of carbonyl (C=O) groups is 1. The monoisotopic (exact) mass is 280 g/mol. The van der Waals surface area contributed by atoms with Crippen LogP contribution in [-0.4, -0.2) is 11.9 Å². The molecule has 1 saturated carbocycles. The molecule has 0 radical (unpaired) electrons. The summed E-state index contributed by atoms with van der Waals surface area (Å²) < 4.78 is 5.71. The second-order valence-electron chi connectivity index (χ2n) is 5.59. The second-order valence-corrected chi connectivity index (χ2v) is 6.02. The number of hydrogen-bond donors (Lipinski definition) is 0. The van der Waals surface area contributed by atoms with E-state index in [2.05, 4.69) is 6.92 Å². The highest BCUT2D eigenvalue weighted by molar-refractivity contribution is 6.30. The largest absolute Gasteiger partial charge is 0.483 e. The minimum absolute atomic E-state index is 0.165. The molecule has 3 atom stereocenters. The van der Waals surface area contributed by atoms with E-state index < -0.39 is 6.10 Å². The van der Waals surface area contributed by atoms with E-state index in [-0.39, 0.29) is 11.7 Å². The molecule has 2 nitrogen and oxygen atoms in total. The van der Waals surface area contributed by atoms with Gasteiger partial charge in [0, 0.05) is 10.9 Å². The normalized spacial score (nSPS) is 24.8. The van der Waals surface area contributed by atoms with Gasteiger partial charge in [-0.1, -0.05) is 37.4 Å². The van der Waals surface area contributed by atoms with E-state index in [1.807, 2.05) is 19.1 Å². The molecule has 1 aromatic rings. The molecule has 2 rings (SSSR count). The fourth-order valence-corrected chi connectivity index (χ4v) is 3.01. The van der Waals surface area contributed by atoms with Gasteiger partial charge in [0.1, 0.15) is 5.75 Å². The van der Waals surface area contributed by atoms with Gasteiger partial charge in [-0.2, -0.15) is 0 Å². The summed E-state index contributed by atoms with van der Waals surface area (Å²) in [5, 5.41) is 0.628. The van der Waals surface area contributed by atoms with E-state index in [4.69, 9.17) is 16.3 Å². The van der Waals surface area contributed by atoms with E-state index in [9.17, 15) is 4.79 Å². The summed E-state index contributed by atoms with van der Waals surface area (Å²) in [4.78, 5) is 12.4. The second kappa shape index (κ2) is 6.42. The highest BCUT2D eigenvalue weighted by Crippen LogP contribution is 2.30. The van der Waals surface area contributed by atoms with Gasteiger partial charge in [-0.3, -0.25) is 4.79 Å². The fourth-order valence-electron chi connectivity index (χ4n) is 2.83. The zero-order valence-corrected chi connectivity index (χ0v) is 12.3. The van der Waals surface area contributed by atoms with Crippen molar-refractivity contribution in [1.29, 1.82) is 0 Å². The van der Waals surface area contributed by atoms with Gasteiger partial charge in [0.2, 0.25) is 0 Å². The van der Waals surface area contributed by atoms with E-state index >= 15 is 0 Å². The van der Waals surface area contributed by atoms with Gasteiger partial charge >= 0.3 is 0 Å². The van der Waals surface area contributed by atoms with Crippen molar-refractivity contribution >= 4 is 17.4 Å². The molecule has 1 aromatic carbocycles. The standard InChI is InChI=1S/C16H21ClO2/c1-11-5-3-6-13(9-11)16(18)12(2)19-15-8-4-7-14(17)10-15/h4,7-8,10-13H,3,5-6,9H2,1-2H3. The Morgan fingerprint density at radius 2 is 2.21 bits per heavy atom. The zero-order chi connectivity index (χ0) is 13.8. The van der Waals surface area contributed by atoms with Crippen LogP contribution in [0.3, 0.4) is 0 Å². The van der Waals surface area contributed by atoms with Crippen LogP contribution in [0.5, 0.6) is 5.75 Å². The SMILES string of the molecule is CC1CCCC(C(=O)C(C)Oc2cccc(Cl)c2)C1. The molecule has 1 aliphatic carbocycles. The summed E-state index contributed by atoms with van der Waals surface area (Å²) in [5.41, 5.74) is 0. The van der Waals surface area contributed by atoms with Crippen LogP contribution in [0.1, 0.15) is 39.5 Å². The Morgan fingerprint density at radius 3 is 2.89 bits per heavy atom. The van der Waals surface area contributed by atoms with Crippen LogP contribution in [0.25, 0.3) is 0 Å². The Hall–Kier alpha value is -1.02.